The van der Waals surface area contributed by atoms with Gasteiger partial charge in [0.15, 0.2) is 0 Å². The number of carbonyl (C=O) groups is 1. The molecule has 0 aliphatic carbocycles. The first kappa shape index (κ1) is 39.5. The van der Waals surface area contributed by atoms with Crippen LogP contribution in [0, 0.1) is 11.8 Å². The molecule has 0 saturated carbocycles. The minimum atomic E-state index is -2.84. The maximum absolute atomic E-state index is 12.0. The summed E-state index contributed by atoms with van der Waals surface area (Å²) in [6, 6.07) is 21.2. The zero-order chi connectivity index (χ0) is 35.6. The van der Waals surface area contributed by atoms with Crippen LogP contribution >= 0.6 is 0 Å². The predicted octanol–water partition coefficient (Wildman–Crippen LogP) is 7.29. The van der Waals surface area contributed by atoms with Crippen LogP contribution in [-0.4, -0.2) is 74.3 Å². The van der Waals surface area contributed by atoms with Gasteiger partial charge in [0.2, 0.25) is 0 Å². The minimum absolute atomic E-state index is 0.00696. The summed E-state index contributed by atoms with van der Waals surface area (Å²) in [6.45, 7) is 13.4. The number of hydrogen-bond acceptors (Lipinski definition) is 6. The summed E-state index contributed by atoms with van der Waals surface area (Å²) in [4.78, 5) is 12.0. The van der Waals surface area contributed by atoms with Gasteiger partial charge >= 0.3 is 5.97 Å². The van der Waals surface area contributed by atoms with Crippen molar-refractivity contribution >= 4 is 24.7 Å². The lowest BCUT2D eigenvalue weighted by atomic mass is 9.87. The third kappa shape index (κ3) is 11.1. The summed E-state index contributed by atoms with van der Waals surface area (Å²) in [7, 11) is -1.10. The third-order valence-corrected chi connectivity index (χ3v) is 15.5. The topological polar surface area (TPSA) is 94.5 Å². The van der Waals surface area contributed by atoms with Crippen molar-refractivity contribution < 1.29 is 33.6 Å². The molecule has 0 radical (unpaired) electrons. The van der Waals surface area contributed by atoms with Crippen molar-refractivity contribution in [1.29, 1.82) is 0 Å². The number of aliphatic hydroxyl groups is 1. The van der Waals surface area contributed by atoms with Crippen LogP contribution in [0.3, 0.4) is 0 Å². The molecule has 2 saturated heterocycles. The lowest BCUT2D eigenvalue weighted by molar-refractivity contribution is -0.150. The molecule has 2 heterocycles. The normalized spacial score (nSPS) is 26.6. The molecule has 0 amide bonds. The van der Waals surface area contributed by atoms with Crippen LogP contribution in [0.2, 0.25) is 5.04 Å². The van der Waals surface area contributed by atoms with Gasteiger partial charge in [-0.1, -0.05) is 114 Å². The molecule has 2 N–H and O–H groups in total. The Hall–Kier alpha value is -2.33. The van der Waals surface area contributed by atoms with E-state index in [9.17, 15) is 15.0 Å². The van der Waals surface area contributed by atoms with Crippen molar-refractivity contribution in [3.8, 4) is 0 Å². The van der Waals surface area contributed by atoms with E-state index in [2.05, 4.69) is 96.1 Å². The monoisotopic (exact) mass is 694 g/mol. The second-order valence-electron chi connectivity index (χ2n) is 15.9. The smallest absolute Gasteiger partial charge is 0.305 e. The molecule has 4 rings (SSSR count). The summed E-state index contributed by atoms with van der Waals surface area (Å²) < 4.78 is 26.7. The Morgan fingerprint density at radius 2 is 1.53 bits per heavy atom. The van der Waals surface area contributed by atoms with Crippen molar-refractivity contribution in [3.63, 3.8) is 0 Å². The highest BCUT2D eigenvalue weighted by Gasteiger charge is 2.52. The highest BCUT2D eigenvalue weighted by atomic mass is 28.4. The van der Waals surface area contributed by atoms with Crippen molar-refractivity contribution in [2.45, 2.75) is 147 Å². The lowest BCUT2D eigenvalue weighted by Crippen LogP contribution is -2.68. The van der Waals surface area contributed by atoms with Gasteiger partial charge in [-0.05, 0) is 65.8 Å². The first-order valence-corrected chi connectivity index (χ1v) is 20.4. The van der Waals surface area contributed by atoms with Crippen LogP contribution in [0.1, 0.15) is 99.3 Å². The van der Waals surface area contributed by atoms with Crippen molar-refractivity contribution in [2.24, 2.45) is 11.8 Å². The number of allylic oxidation sites excluding steroid dienone is 1. The number of methoxy groups -OCH3 is 1. The van der Waals surface area contributed by atoms with Gasteiger partial charge in [0.25, 0.3) is 8.32 Å². The van der Waals surface area contributed by atoms with Gasteiger partial charge in [-0.15, -0.1) is 0 Å². The van der Waals surface area contributed by atoms with E-state index in [0.29, 0.717) is 37.5 Å². The minimum Gasteiger partial charge on any atom is -0.481 e. The van der Waals surface area contributed by atoms with E-state index in [1.807, 2.05) is 18.2 Å². The fourth-order valence-electron chi connectivity index (χ4n) is 7.82. The number of carboxylic acid groups (broad SMARTS) is 1. The van der Waals surface area contributed by atoms with E-state index in [4.69, 9.17) is 18.6 Å². The van der Waals surface area contributed by atoms with E-state index >= 15 is 0 Å². The van der Waals surface area contributed by atoms with Gasteiger partial charge in [-0.3, -0.25) is 4.79 Å². The molecule has 0 unspecified atom stereocenters. The SMILES string of the molecule is CO[C@@H](C[C@@H]1C[C@@H](O[Si](c2ccccc2)(c2ccccc2)C(C)(C)C)C[C@H](CC(=O)O)O1)C[C@H]1O[C@H](C[C@@H](O)/C=C/CC(C)C)CC[C@@H]1C. The fourth-order valence-corrected chi connectivity index (χ4v) is 12.5. The Bertz CT molecular complexity index is 1250. The molecular formula is C41H62O7Si. The Balaban J connectivity index is 1.51. The molecule has 49 heavy (non-hydrogen) atoms. The molecule has 0 bridgehead atoms. The van der Waals surface area contributed by atoms with E-state index in [1.54, 1.807) is 7.11 Å². The molecule has 272 valence electrons. The van der Waals surface area contributed by atoms with Gasteiger partial charge < -0.3 is 28.8 Å². The average Bonchev–Trinajstić information content (AvgIpc) is 3.04. The Morgan fingerprint density at radius 1 is 0.918 bits per heavy atom. The van der Waals surface area contributed by atoms with Crippen LogP contribution < -0.4 is 10.4 Å². The summed E-state index contributed by atoms with van der Waals surface area (Å²) in [5.74, 6) is 0.0754. The zero-order valence-corrected chi connectivity index (χ0v) is 31.9. The standard InChI is InChI=1S/C41H62O7Si/c1-29(2)15-14-16-31(42)23-32-22-21-30(3)39(47-32)27-33(45-7)24-34-25-36(26-35(46-34)28-40(43)44)48-49(41(4,5)6,37-17-10-8-11-18-37)38-19-12-9-13-20-38/h8-14,16-20,29-36,39,42H,15,21-28H2,1-7H3,(H,43,44)/b16-14+/t30-,31-,32-,33-,34+,35+,36+,39+/m0/s1. The van der Waals surface area contributed by atoms with Gasteiger partial charge in [0.05, 0.1) is 49.1 Å². The van der Waals surface area contributed by atoms with Crippen LogP contribution in [0.4, 0.5) is 0 Å². The molecular weight excluding hydrogens is 633 g/mol. The molecule has 2 aromatic carbocycles. The number of rotatable bonds is 16. The molecule has 2 aliphatic rings. The number of benzene rings is 2. The van der Waals surface area contributed by atoms with Gasteiger partial charge in [-0.25, -0.2) is 0 Å². The number of ether oxygens (including phenoxy) is 3. The molecule has 2 aromatic rings. The van der Waals surface area contributed by atoms with Crippen molar-refractivity contribution in [1.82, 2.24) is 0 Å². The third-order valence-electron chi connectivity index (χ3n) is 10.4. The number of aliphatic hydroxyl groups excluding tert-OH is 1. The summed E-state index contributed by atoms with van der Waals surface area (Å²) in [6.07, 6.45) is 8.56. The molecule has 2 aliphatic heterocycles. The van der Waals surface area contributed by atoms with Crippen molar-refractivity contribution in [2.75, 3.05) is 7.11 Å². The molecule has 0 spiro atoms. The second kappa shape index (κ2) is 18.2. The van der Waals surface area contributed by atoms with Crippen molar-refractivity contribution in [3.05, 3.63) is 72.8 Å². The Labute approximate surface area is 296 Å². The maximum Gasteiger partial charge on any atom is 0.305 e. The highest BCUT2D eigenvalue weighted by molar-refractivity contribution is 6.99. The number of hydrogen-bond donors (Lipinski definition) is 2. The maximum atomic E-state index is 12.0. The fraction of sp³-hybridized carbons (Fsp3) is 0.634. The summed E-state index contributed by atoms with van der Waals surface area (Å²) >= 11 is 0. The summed E-state index contributed by atoms with van der Waals surface area (Å²) in [5, 5.41) is 22.7. The quantitative estimate of drug-likeness (QED) is 0.141. The molecule has 8 heteroatoms. The zero-order valence-electron chi connectivity index (χ0n) is 30.9. The molecule has 8 atom stereocenters. The van der Waals surface area contributed by atoms with Gasteiger partial charge in [0.1, 0.15) is 0 Å². The Morgan fingerprint density at radius 3 is 2.08 bits per heavy atom. The number of carboxylic acids is 1. The highest BCUT2D eigenvalue weighted by Crippen LogP contribution is 2.40. The summed E-state index contributed by atoms with van der Waals surface area (Å²) in [5.41, 5.74) is 0. The van der Waals surface area contributed by atoms with E-state index in [-0.39, 0.29) is 42.0 Å². The van der Waals surface area contributed by atoms with E-state index in [0.717, 1.165) is 25.7 Å². The number of aliphatic carboxylic acids is 1. The average molecular weight is 695 g/mol. The van der Waals surface area contributed by atoms with Crippen LogP contribution in [0.5, 0.6) is 0 Å². The van der Waals surface area contributed by atoms with Gasteiger partial charge in [-0.2, -0.15) is 0 Å². The first-order valence-electron chi connectivity index (χ1n) is 18.5. The first-order chi connectivity index (χ1) is 23.3. The van der Waals surface area contributed by atoms with E-state index in [1.165, 1.54) is 10.4 Å². The van der Waals surface area contributed by atoms with Crippen LogP contribution in [0.15, 0.2) is 72.8 Å². The second-order valence-corrected chi connectivity index (χ2v) is 20.1. The Kier molecular flexibility index (Phi) is 14.7. The van der Waals surface area contributed by atoms with Crippen LogP contribution in [-0.2, 0) is 23.4 Å². The van der Waals surface area contributed by atoms with E-state index < -0.39 is 26.5 Å². The molecule has 2 fully saturated rings. The molecule has 7 nitrogen and oxygen atoms in total. The lowest BCUT2D eigenvalue weighted by Gasteiger charge is -2.47. The van der Waals surface area contributed by atoms with Gasteiger partial charge in [0, 0.05) is 20.0 Å². The predicted molar refractivity (Wildman–Crippen MR) is 199 cm³/mol. The largest absolute Gasteiger partial charge is 0.481 e. The molecule has 0 aromatic heterocycles. The van der Waals surface area contributed by atoms with Crippen LogP contribution in [0.25, 0.3) is 0 Å².